The first-order chi connectivity index (χ1) is 5.69. The lowest BCUT2D eigenvalue weighted by atomic mass is 9.85. The molecule has 3 heteroatoms. The van der Waals surface area contributed by atoms with E-state index < -0.39 is 0 Å². The lowest BCUT2D eigenvalue weighted by molar-refractivity contribution is -0.211. The van der Waals surface area contributed by atoms with E-state index in [9.17, 15) is 0 Å². The number of ether oxygens (including phenoxy) is 3. The van der Waals surface area contributed by atoms with Crippen LogP contribution in [0.3, 0.4) is 0 Å². The standard InChI is InChI=1S/C9H16O3/c1-6-4-8(10-3)12-7(2)9(6)5-11-9/h6-8H,4-5H2,1-3H3/t6-,7?,8?,9?/m0/s1. The lowest BCUT2D eigenvalue weighted by Gasteiger charge is -2.36. The zero-order chi connectivity index (χ0) is 8.77. The van der Waals surface area contributed by atoms with Crippen LogP contribution in [0.15, 0.2) is 0 Å². The molecule has 2 rings (SSSR count). The van der Waals surface area contributed by atoms with Crippen molar-refractivity contribution >= 4 is 0 Å². The molecule has 2 aliphatic rings. The normalized spacial score (nSPS) is 52.8. The van der Waals surface area contributed by atoms with Crippen LogP contribution in [0.5, 0.6) is 0 Å². The molecule has 0 aromatic carbocycles. The maximum Gasteiger partial charge on any atom is 0.158 e. The fraction of sp³-hybridized carbons (Fsp3) is 1.00. The van der Waals surface area contributed by atoms with Crippen molar-refractivity contribution in [3.8, 4) is 0 Å². The Labute approximate surface area is 73.0 Å². The van der Waals surface area contributed by atoms with E-state index in [4.69, 9.17) is 14.2 Å². The molecule has 0 saturated carbocycles. The van der Waals surface area contributed by atoms with E-state index in [1.165, 1.54) is 0 Å². The zero-order valence-corrected chi connectivity index (χ0v) is 7.87. The number of methoxy groups -OCH3 is 1. The van der Waals surface area contributed by atoms with Crippen LogP contribution < -0.4 is 0 Å². The van der Waals surface area contributed by atoms with Crippen LogP contribution >= 0.6 is 0 Å². The van der Waals surface area contributed by atoms with E-state index in [1.807, 2.05) is 0 Å². The molecule has 0 N–H and O–H groups in total. The Balaban J connectivity index is 2.04. The van der Waals surface area contributed by atoms with Gasteiger partial charge in [-0.2, -0.15) is 0 Å². The van der Waals surface area contributed by atoms with Crippen molar-refractivity contribution in [2.24, 2.45) is 5.92 Å². The molecule has 70 valence electrons. The van der Waals surface area contributed by atoms with Gasteiger partial charge in [-0.05, 0) is 12.8 Å². The molecule has 0 amide bonds. The average molecular weight is 172 g/mol. The Kier molecular flexibility index (Phi) is 1.90. The molecule has 12 heavy (non-hydrogen) atoms. The first-order valence-corrected chi connectivity index (χ1v) is 4.51. The SMILES string of the molecule is COC1C[C@H](C)C2(CO2)C(C)O1. The molecule has 0 aromatic heterocycles. The van der Waals surface area contributed by atoms with Crippen molar-refractivity contribution in [2.45, 2.75) is 38.3 Å². The summed E-state index contributed by atoms with van der Waals surface area (Å²) in [6.07, 6.45) is 1.08. The third-order valence-electron chi connectivity index (χ3n) is 3.16. The van der Waals surface area contributed by atoms with Crippen LogP contribution in [0.1, 0.15) is 20.3 Å². The predicted molar refractivity (Wildman–Crippen MR) is 43.8 cm³/mol. The molecule has 2 fully saturated rings. The third-order valence-corrected chi connectivity index (χ3v) is 3.16. The Bertz CT molecular complexity index is 163. The molecule has 3 unspecified atom stereocenters. The molecule has 4 atom stereocenters. The molecule has 1 spiro atoms. The van der Waals surface area contributed by atoms with Gasteiger partial charge in [-0.15, -0.1) is 0 Å². The molecule has 2 aliphatic heterocycles. The summed E-state index contributed by atoms with van der Waals surface area (Å²) in [5.41, 5.74) is 0.0228. The number of hydrogen-bond acceptors (Lipinski definition) is 3. The summed E-state index contributed by atoms with van der Waals surface area (Å²) in [5.74, 6) is 0.547. The maximum atomic E-state index is 5.64. The highest BCUT2D eigenvalue weighted by molar-refractivity contribution is 5.04. The van der Waals surface area contributed by atoms with Gasteiger partial charge in [-0.1, -0.05) is 6.92 Å². The highest BCUT2D eigenvalue weighted by atomic mass is 16.7. The van der Waals surface area contributed by atoms with Gasteiger partial charge in [0.2, 0.25) is 0 Å². The van der Waals surface area contributed by atoms with Crippen LogP contribution in [0.2, 0.25) is 0 Å². The first-order valence-electron chi connectivity index (χ1n) is 4.51. The van der Waals surface area contributed by atoms with Gasteiger partial charge >= 0.3 is 0 Å². The van der Waals surface area contributed by atoms with Crippen molar-refractivity contribution in [2.75, 3.05) is 13.7 Å². The van der Waals surface area contributed by atoms with E-state index in [-0.39, 0.29) is 18.0 Å². The third kappa shape index (κ3) is 1.08. The van der Waals surface area contributed by atoms with E-state index in [1.54, 1.807) is 7.11 Å². The minimum absolute atomic E-state index is 0.0228. The highest BCUT2D eigenvalue weighted by Gasteiger charge is 2.58. The van der Waals surface area contributed by atoms with Gasteiger partial charge in [0.15, 0.2) is 6.29 Å². The van der Waals surface area contributed by atoms with Gasteiger partial charge < -0.3 is 14.2 Å². The van der Waals surface area contributed by atoms with Gasteiger partial charge in [0, 0.05) is 13.5 Å². The van der Waals surface area contributed by atoms with E-state index in [2.05, 4.69) is 13.8 Å². The largest absolute Gasteiger partial charge is 0.366 e. The molecule has 3 nitrogen and oxygen atoms in total. The molecule has 2 saturated heterocycles. The van der Waals surface area contributed by atoms with E-state index >= 15 is 0 Å². The van der Waals surface area contributed by atoms with Crippen molar-refractivity contribution in [1.29, 1.82) is 0 Å². The minimum atomic E-state index is -0.0372. The van der Waals surface area contributed by atoms with Crippen molar-refractivity contribution in [1.82, 2.24) is 0 Å². The summed E-state index contributed by atoms with van der Waals surface area (Å²) < 4.78 is 16.3. The second-order valence-corrected chi connectivity index (χ2v) is 3.82. The predicted octanol–water partition coefficient (Wildman–Crippen LogP) is 1.17. The fourth-order valence-electron chi connectivity index (χ4n) is 2.04. The van der Waals surface area contributed by atoms with Crippen LogP contribution in [0.4, 0.5) is 0 Å². The highest BCUT2D eigenvalue weighted by Crippen LogP contribution is 2.46. The summed E-state index contributed by atoms with van der Waals surface area (Å²) in [6, 6.07) is 0. The summed E-state index contributed by atoms with van der Waals surface area (Å²) in [7, 11) is 1.69. The Morgan fingerprint density at radius 3 is 2.50 bits per heavy atom. The molecule has 0 aliphatic carbocycles. The van der Waals surface area contributed by atoms with Crippen molar-refractivity contribution < 1.29 is 14.2 Å². The number of epoxide rings is 1. The van der Waals surface area contributed by atoms with Crippen LogP contribution in [0, 0.1) is 5.92 Å². The maximum absolute atomic E-state index is 5.64. The lowest BCUT2D eigenvalue weighted by Crippen LogP contribution is -2.46. The summed E-state index contributed by atoms with van der Waals surface area (Å²) >= 11 is 0. The van der Waals surface area contributed by atoms with Crippen LogP contribution in [-0.4, -0.2) is 31.7 Å². The molecule has 0 aromatic rings. The van der Waals surface area contributed by atoms with Gasteiger partial charge in [-0.3, -0.25) is 0 Å². The van der Waals surface area contributed by atoms with Gasteiger partial charge in [0.05, 0.1) is 12.7 Å². The fourth-order valence-corrected chi connectivity index (χ4v) is 2.04. The minimum Gasteiger partial charge on any atom is -0.366 e. The van der Waals surface area contributed by atoms with Gasteiger partial charge in [0.25, 0.3) is 0 Å². The Hall–Kier alpha value is -0.120. The Morgan fingerprint density at radius 1 is 1.42 bits per heavy atom. The molecular formula is C9H16O3. The van der Waals surface area contributed by atoms with E-state index in [0.29, 0.717) is 5.92 Å². The van der Waals surface area contributed by atoms with E-state index in [0.717, 1.165) is 13.0 Å². The monoisotopic (exact) mass is 172 g/mol. The summed E-state index contributed by atoms with van der Waals surface area (Å²) in [4.78, 5) is 0. The van der Waals surface area contributed by atoms with Crippen molar-refractivity contribution in [3.63, 3.8) is 0 Å². The molecule has 2 heterocycles. The zero-order valence-electron chi connectivity index (χ0n) is 7.87. The quantitative estimate of drug-likeness (QED) is 0.556. The molecule has 0 bridgehead atoms. The number of hydrogen-bond donors (Lipinski definition) is 0. The topological polar surface area (TPSA) is 31.0 Å². The molecular weight excluding hydrogens is 156 g/mol. The van der Waals surface area contributed by atoms with Gasteiger partial charge in [0.1, 0.15) is 5.60 Å². The smallest absolute Gasteiger partial charge is 0.158 e. The van der Waals surface area contributed by atoms with Gasteiger partial charge in [-0.25, -0.2) is 0 Å². The first kappa shape index (κ1) is 8.48. The number of rotatable bonds is 1. The Morgan fingerprint density at radius 2 is 2.08 bits per heavy atom. The second-order valence-electron chi connectivity index (χ2n) is 3.82. The van der Waals surface area contributed by atoms with Crippen molar-refractivity contribution in [3.05, 3.63) is 0 Å². The van der Waals surface area contributed by atoms with Crippen LogP contribution in [0.25, 0.3) is 0 Å². The summed E-state index contributed by atoms with van der Waals surface area (Å²) in [5, 5.41) is 0. The van der Waals surface area contributed by atoms with Crippen LogP contribution in [-0.2, 0) is 14.2 Å². The molecule has 0 radical (unpaired) electrons. The summed E-state index contributed by atoms with van der Waals surface area (Å²) in [6.45, 7) is 5.12. The second kappa shape index (κ2) is 2.69. The average Bonchev–Trinajstić information content (AvgIpc) is 2.81.